The van der Waals surface area contributed by atoms with Crippen LogP contribution in [0.4, 0.5) is 0 Å². The van der Waals surface area contributed by atoms with Gasteiger partial charge in [-0.1, -0.05) is 6.92 Å². The van der Waals surface area contributed by atoms with Crippen LogP contribution in [-0.4, -0.2) is 21.1 Å². The normalized spacial score (nSPS) is 16.3. The number of phenolic OH excluding ortho intramolecular Hbond substituents is 2. The lowest BCUT2D eigenvalue weighted by molar-refractivity contribution is -0.128. The standard InChI is InChI=1S/C13H18O4/c1-7-11(15)6-5-10(12(7)16)13(4,17)8(2)9(3)14/h5-6,8,15-17H,1-4H3. The van der Waals surface area contributed by atoms with Crippen LogP contribution in [0.2, 0.25) is 0 Å². The quantitative estimate of drug-likeness (QED) is 0.750. The summed E-state index contributed by atoms with van der Waals surface area (Å²) in [6, 6.07) is 2.82. The lowest BCUT2D eigenvalue weighted by Gasteiger charge is -2.30. The van der Waals surface area contributed by atoms with Crippen LogP contribution in [0, 0.1) is 12.8 Å². The molecule has 2 atom stereocenters. The number of hydrogen-bond donors (Lipinski definition) is 3. The van der Waals surface area contributed by atoms with Crippen molar-refractivity contribution < 1.29 is 20.1 Å². The summed E-state index contributed by atoms with van der Waals surface area (Å²) < 4.78 is 0. The Kier molecular flexibility index (Phi) is 3.48. The Balaban J connectivity index is 3.34. The van der Waals surface area contributed by atoms with Crippen molar-refractivity contribution in [3.63, 3.8) is 0 Å². The molecule has 0 bridgehead atoms. The molecule has 0 aliphatic carbocycles. The first-order chi connectivity index (χ1) is 7.69. The monoisotopic (exact) mass is 238 g/mol. The van der Waals surface area contributed by atoms with Crippen LogP contribution < -0.4 is 0 Å². The Morgan fingerprint density at radius 1 is 1.35 bits per heavy atom. The fourth-order valence-corrected chi connectivity index (χ4v) is 1.73. The van der Waals surface area contributed by atoms with E-state index in [1.807, 2.05) is 0 Å². The minimum Gasteiger partial charge on any atom is -0.508 e. The molecular formula is C13H18O4. The molecular weight excluding hydrogens is 220 g/mol. The van der Waals surface area contributed by atoms with E-state index in [1.165, 1.54) is 26.0 Å². The predicted molar refractivity (Wildman–Crippen MR) is 63.9 cm³/mol. The highest BCUT2D eigenvalue weighted by Crippen LogP contribution is 2.39. The third kappa shape index (κ3) is 2.26. The van der Waals surface area contributed by atoms with Crippen molar-refractivity contribution in [2.24, 2.45) is 5.92 Å². The van der Waals surface area contributed by atoms with Crippen molar-refractivity contribution in [2.75, 3.05) is 0 Å². The Labute approximate surface area is 101 Å². The van der Waals surface area contributed by atoms with Crippen LogP contribution in [0.15, 0.2) is 12.1 Å². The maximum atomic E-state index is 11.3. The molecule has 0 radical (unpaired) electrons. The first kappa shape index (κ1) is 13.5. The number of hydrogen-bond acceptors (Lipinski definition) is 4. The molecule has 0 spiro atoms. The molecule has 2 unspecified atom stereocenters. The summed E-state index contributed by atoms with van der Waals surface area (Å²) in [5.74, 6) is -1.03. The van der Waals surface area contributed by atoms with Crippen LogP contribution in [0.1, 0.15) is 31.9 Å². The Morgan fingerprint density at radius 2 is 1.88 bits per heavy atom. The lowest BCUT2D eigenvalue weighted by Crippen LogP contribution is -2.34. The van der Waals surface area contributed by atoms with Gasteiger partial charge in [0.2, 0.25) is 0 Å². The average Bonchev–Trinajstić information content (AvgIpc) is 2.24. The number of aliphatic hydroxyl groups is 1. The van der Waals surface area contributed by atoms with Crippen LogP contribution >= 0.6 is 0 Å². The molecule has 0 aliphatic heterocycles. The number of Topliss-reactive ketones (excluding diaryl/α,β-unsaturated/α-hetero) is 1. The minimum atomic E-state index is -1.46. The van der Waals surface area contributed by atoms with Gasteiger partial charge in [0, 0.05) is 17.0 Å². The largest absolute Gasteiger partial charge is 0.508 e. The van der Waals surface area contributed by atoms with E-state index in [-0.39, 0.29) is 22.8 Å². The second kappa shape index (κ2) is 4.37. The summed E-state index contributed by atoms with van der Waals surface area (Å²) >= 11 is 0. The molecule has 0 saturated carbocycles. The van der Waals surface area contributed by atoms with Gasteiger partial charge in [-0.3, -0.25) is 4.79 Å². The van der Waals surface area contributed by atoms with Crippen LogP contribution in [-0.2, 0) is 10.4 Å². The summed E-state index contributed by atoms with van der Waals surface area (Å²) in [6.45, 7) is 6.01. The van der Waals surface area contributed by atoms with E-state index < -0.39 is 11.5 Å². The number of carbonyl (C=O) groups excluding carboxylic acids is 1. The second-order valence-corrected chi connectivity index (χ2v) is 4.59. The van der Waals surface area contributed by atoms with E-state index >= 15 is 0 Å². The van der Waals surface area contributed by atoms with Gasteiger partial charge in [-0.2, -0.15) is 0 Å². The van der Waals surface area contributed by atoms with Gasteiger partial charge in [-0.05, 0) is 32.9 Å². The Bertz CT molecular complexity index is 449. The number of phenols is 2. The molecule has 4 nitrogen and oxygen atoms in total. The molecule has 94 valence electrons. The molecule has 0 saturated heterocycles. The first-order valence-corrected chi connectivity index (χ1v) is 5.44. The summed E-state index contributed by atoms with van der Waals surface area (Å²) in [5, 5.41) is 29.7. The van der Waals surface area contributed by atoms with Crippen molar-refractivity contribution in [3.8, 4) is 11.5 Å². The highest BCUT2D eigenvalue weighted by atomic mass is 16.3. The van der Waals surface area contributed by atoms with Gasteiger partial charge < -0.3 is 15.3 Å². The van der Waals surface area contributed by atoms with Crippen molar-refractivity contribution >= 4 is 5.78 Å². The molecule has 0 aliphatic rings. The zero-order chi connectivity index (χ0) is 13.4. The van der Waals surface area contributed by atoms with Gasteiger partial charge in [0.05, 0.1) is 5.60 Å². The van der Waals surface area contributed by atoms with E-state index in [9.17, 15) is 20.1 Å². The molecule has 0 aromatic heterocycles. The smallest absolute Gasteiger partial charge is 0.135 e. The highest BCUT2D eigenvalue weighted by molar-refractivity contribution is 5.79. The van der Waals surface area contributed by atoms with E-state index in [2.05, 4.69) is 0 Å². The van der Waals surface area contributed by atoms with Crippen LogP contribution in [0.5, 0.6) is 11.5 Å². The van der Waals surface area contributed by atoms with Gasteiger partial charge in [0.1, 0.15) is 17.3 Å². The SMILES string of the molecule is CC(=O)C(C)C(C)(O)c1ccc(O)c(C)c1O. The van der Waals surface area contributed by atoms with E-state index in [0.29, 0.717) is 5.56 Å². The zero-order valence-corrected chi connectivity index (χ0v) is 10.5. The first-order valence-electron chi connectivity index (χ1n) is 5.44. The zero-order valence-electron chi connectivity index (χ0n) is 10.5. The molecule has 4 heteroatoms. The summed E-state index contributed by atoms with van der Waals surface area (Å²) in [4.78, 5) is 11.3. The second-order valence-electron chi connectivity index (χ2n) is 4.59. The molecule has 0 fully saturated rings. The number of rotatable bonds is 3. The molecule has 0 heterocycles. The minimum absolute atomic E-state index is 0.0440. The van der Waals surface area contributed by atoms with Gasteiger partial charge >= 0.3 is 0 Å². The Hall–Kier alpha value is -1.55. The van der Waals surface area contributed by atoms with Crippen molar-refractivity contribution in [1.82, 2.24) is 0 Å². The van der Waals surface area contributed by atoms with Gasteiger partial charge in [0.25, 0.3) is 0 Å². The Morgan fingerprint density at radius 3 is 2.35 bits per heavy atom. The summed E-state index contributed by atoms with van der Waals surface area (Å²) in [6.07, 6.45) is 0. The molecule has 1 rings (SSSR count). The third-order valence-corrected chi connectivity index (χ3v) is 3.40. The number of carbonyl (C=O) groups is 1. The van der Waals surface area contributed by atoms with Crippen molar-refractivity contribution in [3.05, 3.63) is 23.3 Å². The van der Waals surface area contributed by atoms with E-state index in [1.54, 1.807) is 13.8 Å². The van der Waals surface area contributed by atoms with E-state index in [0.717, 1.165) is 0 Å². The van der Waals surface area contributed by atoms with Crippen LogP contribution in [0.3, 0.4) is 0 Å². The maximum absolute atomic E-state index is 11.3. The number of ketones is 1. The lowest BCUT2D eigenvalue weighted by atomic mass is 9.81. The predicted octanol–water partition coefficient (Wildman–Crippen LogP) is 1.84. The van der Waals surface area contributed by atoms with Crippen LogP contribution in [0.25, 0.3) is 0 Å². The third-order valence-electron chi connectivity index (χ3n) is 3.40. The van der Waals surface area contributed by atoms with Gasteiger partial charge in [0.15, 0.2) is 0 Å². The molecule has 1 aromatic rings. The average molecular weight is 238 g/mol. The fourth-order valence-electron chi connectivity index (χ4n) is 1.73. The van der Waals surface area contributed by atoms with Crippen molar-refractivity contribution in [2.45, 2.75) is 33.3 Å². The number of benzene rings is 1. The fraction of sp³-hybridized carbons (Fsp3) is 0.462. The highest BCUT2D eigenvalue weighted by Gasteiger charge is 2.36. The van der Waals surface area contributed by atoms with Crippen molar-refractivity contribution in [1.29, 1.82) is 0 Å². The molecule has 0 amide bonds. The summed E-state index contributed by atoms with van der Waals surface area (Å²) in [7, 11) is 0. The number of aromatic hydroxyl groups is 2. The molecule has 1 aromatic carbocycles. The maximum Gasteiger partial charge on any atom is 0.135 e. The van der Waals surface area contributed by atoms with E-state index in [4.69, 9.17) is 0 Å². The molecule has 17 heavy (non-hydrogen) atoms. The molecule has 3 N–H and O–H groups in total. The van der Waals surface area contributed by atoms with Gasteiger partial charge in [-0.15, -0.1) is 0 Å². The van der Waals surface area contributed by atoms with Gasteiger partial charge in [-0.25, -0.2) is 0 Å². The topological polar surface area (TPSA) is 77.8 Å². The summed E-state index contributed by atoms with van der Waals surface area (Å²) in [5.41, 5.74) is -0.928.